The molecular weight excluding hydrogens is 588 g/mol. The van der Waals surface area contributed by atoms with Gasteiger partial charge >= 0.3 is 6.09 Å². The predicted molar refractivity (Wildman–Crippen MR) is 175 cm³/mol. The summed E-state index contributed by atoms with van der Waals surface area (Å²) >= 11 is 1.37. The van der Waals surface area contributed by atoms with E-state index in [2.05, 4.69) is 52.8 Å². The molecule has 0 fully saturated rings. The SMILES string of the molecule is CC(C)(C)OC(=O)NCC(NC(=O)c1cc2cc3c(nc2s1)CCC(C(C)(C)C)C3)c1ccc(NC(=O)c2cnccn2)cc1. The van der Waals surface area contributed by atoms with Gasteiger partial charge in [-0.15, -0.1) is 11.3 Å². The van der Waals surface area contributed by atoms with Gasteiger partial charge in [0.1, 0.15) is 16.1 Å². The molecule has 5 rings (SSSR count). The van der Waals surface area contributed by atoms with E-state index in [9.17, 15) is 14.4 Å². The highest BCUT2D eigenvalue weighted by atomic mass is 32.1. The van der Waals surface area contributed by atoms with Crippen LogP contribution < -0.4 is 16.0 Å². The van der Waals surface area contributed by atoms with Crippen molar-refractivity contribution in [1.29, 1.82) is 0 Å². The number of anilines is 1. The number of alkyl carbamates (subject to hydrolysis) is 1. The zero-order valence-electron chi connectivity index (χ0n) is 26.6. The average molecular weight is 629 g/mol. The summed E-state index contributed by atoms with van der Waals surface area (Å²) in [7, 11) is 0. The highest BCUT2D eigenvalue weighted by Crippen LogP contribution is 2.38. The number of fused-ring (bicyclic) bond motifs is 2. The first-order valence-electron chi connectivity index (χ1n) is 15.1. The number of pyridine rings is 1. The number of hydrogen-bond donors (Lipinski definition) is 3. The zero-order valence-corrected chi connectivity index (χ0v) is 27.4. The Hall–Kier alpha value is -4.38. The molecule has 2 unspecified atom stereocenters. The Morgan fingerprint density at radius 2 is 1.78 bits per heavy atom. The van der Waals surface area contributed by atoms with Gasteiger partial charge in [-0.2, -0.15) is 0 Å². The average Bonchev–Trinajstić information content (AvgIpc) is 3.40. The van der Waals surface area contributed by atoms with E-state index >= 15 is 0 Å². The Balaban J connectivity index is 1.34. The van der Waals surface area contributed by atoms with Crippen molar-refractivity contribution in [2.75, 3.05) is 11.9 Å². The van der Waals surface area contributed by atoms with E-state index in [0.717, 1.165) is 40.7 Å². The maximum Gasteiger partial charge on any atom is 0.407 e. The van der Waals surface area contributed by atoms with E-state index in [1.165, 1.54) is 35.5 Å². The van der Waals surface area contributed by atoms with Crippen molar-refractivity contribution < 1.29 is 19.1 Å². The number of aryl methyl sites for hydroxylation is 1. The third kappa shape index (κ3) is 8.21. The van der Waals surface area contributed by atoms with Crippen LogP contribution in [0.5, 0.6) is 0 Å². The monoisotopic (exact) mass is 628 g/mol. The lowest BCUT2D eigenvalue weighted by atomic mass is 9.71. The molecule has 2 atom stereocenters. The number of ether oxygens (including phenoxy) is 1. The highest BCUT2D eigenvalue weighted by molar-refractivity contribution is 7.20. The van der Waals surface area contributed by atoms with E-state index in [1.54, 1.807) is 45.0 Å². The van der Waals surface area contributed by atoms with E-state index in [0.29, 0.717) is 16.5 Å². The topological polar surface area (TPSA) is 135 Å². The summed E-state index contributed by atoms with van der Waals surface area (Å²) in [6, 6.07) is 10.6. The van der Waals surface area contributed by atoms with Gasteiger partial charge in [0, 0.05) is 35.7 Å². The molecule has 11 heteroatoms. The molecule has 3 heterocycles. The molecule has 1 aliphatic rings. The van der Waals surface area contributed by atoms with Crippen LogP contribution in [0.4, 0.5) is 10.5 Å². The molecule has 3 amide bonds. The van der Waals surface area contributed by atoms with Crippen LogP contribution in [0.2, 0.25) is 0 Å². The lowest BCUT2D eigenvalue weighted by Gasteiger charge is -2.34. The first-order valence-corrected chi connectivity index (χ1v) is 15.9. The van der Waals surface area contributed by atoms with Crippen molar-refractivity contribution >= 4 is 45.1 Å². The Morgan fingerprint density at radius 1 is 1.02 bits per heavy atom. The predicted octanol–water partition coefficient (Wildman–Crippen LogP) is 6.49. The fourth-order valence-electron chi connectivity index (χ4n) is 5.37. The van der Waals surface area contributed by atoms with Crippen molar-refractivity contribution in [3.05, 3.63) is 82.4 Å². The molecule has 4 aromatic rings. The van der Waals surface area contributed by atoms with E-state index in [-0.39, 0.29) is 29.5 Å². The Bertz CT molecular complexity index is 1690. The molecular formula is C34H40N6O4S. The first kappa shape index (κ1) is 32.0. The van der Waals surface area contributed by atoms with Gasteiger partial charge in [-0.1, -0.05) is 32.9 Å². The van der Waals surface area contributed by atoms with Crippen LogP contribution >= 0.6 is 11.3 Å². The van der Waals surface area contributed by atoms with E-state index in [4.69, 9.17) is 9.72 Å². The van der Waals surface area contributed by atoms with Crippen LogP contribution in [-0.2, 0) is 17.6 Å². The number of rotatable bonds is 7. The standard InChI is InChI=1S/C34H40N6O4S/c1-33(2,3)23-9-12-25-21(16-23)15-22-17-28(45-31(22)40-25)30(42)39-26(19-37-32(43)44-34(4,5)6)20-7-10-24(11-8-20)38-29(41)27-18-35-13-14-36-27/h7-8,10-11,13-15,17-18,23,26H,9,12,16,19H2,1-6H3,(H,37,43)(H,38,41)(H,39,42). The molecule has 236 valence electrons. The number of carbonyl (C=O) groups is 3. The zero-order chi connectivity index (χ0) is 32.4. The van der Waals surface area contributed by atoms with Gasteiger partial charge in [-0.25, -0.2) is 14.8 Å². The number of nitrogens with one attached hydrogen (secondary N) is 3. The molecule has 3 aromatic heterocycles. The lowest BCUT2D eigenvalue weighted by molar-refractivity contribution is 0.0519. The molecule has 45 heavy (non-hydrogen) atoms. The summed E-state index contributed by atoms with van der Waals surface area (Å²) in [6.45, 7) is 12.3. The largest absolute Gasteiger partial charge is 0.444 e. The molecule has 0 aliphatic heterocycles. The van der Waals surface area contributed by atoms with Gasteiger partial charge in [-0.05, 0) is 86.8 Å². The highest BCUT2D eigenvalue weighted by Gasteiger charge is 2.30. The molecule has 0 saturated heterocycles. The summed E-state index contributed by atoms with van der Waals surface area (Å²) in [6.07, 6.45) is 6.80. The molecule has 10 nitrogen and oxygen atoms in total. The second-order valence-electron chi connectivity index (χ2n) is 13.5. The lowest BCUT2D eigenvalue weighted by Crippen LogP contribution is -2.40. The van der Waals surface area contributed by atoms with Gasteiger partial charge < -0.3 is 20.7 Å². The fraction of sp³-hybridized carbons (Fsp3) is 0.412. The number of hydrogen-bond acceptors (Lipinski definition) is 8. The summed E-state index contributed by atoms with van der Waals surface area (Å²) < 4.78 is 5.41. The van der Waals surface area contributed by atoms with Gasteiger partial charge in [0.15, 0.2) is 0 Å². The number of carbonyl (C=O) groups excluding carboxylic acids is 3. The smallest absolute Gasteiger partial charge is 0.407 e. The van der Waals surface area contributed by atoms with Crippen LogP contribution in [0, 0.1) is 11.3 Å². The minimum Gasteiger partial charge on any atom is -0.444 e. The number of benzene rings is 1. The van der Waals surface area contributed by atoms with Crippen molar-refractivity contribution in [3.8, 4) is 0 Å². The van der Waals surface area contributed by atoms with E-state index in [1.807, 2.05) is 6.07 Å². The number of amides is 3. The Kier molecular flexibility index (Phi) is 9.20. The van der Waals surface area contributed by atoms with Gasteiger partial charge in [-0.3, -0.25) is 14.6 Å². The molecule has 0 radical (unpaired) electrons. The van der Waals surface area contributed by atoms with Gasteiger partial charge in [0.2, 0.25) is 0 Å². The Labute approximate surface area is 267 Å². The first-order chi connectivity index (χ1) is 21.2. The fourth-order valence-corrected chi connectivity index (χ4v) is 6.30. The summed E-state index contributed by atoms with van der Waals surface area (Å²) in [4.78, 5) is 52.9. The molecule has 3 N–H and O–H groups in total. The van der Waals surface area contributed by atoms with Crippen molar-refractivity contribution in [1.82, 2.24) is 25.6 Å². The van der Waals surface area contributed by atoms with Crippen LogP contribution in [0.3, 0.4) is 0 Å². The molecule has 1 aromatic carbocycles. The van der Waals surface area contributed by atoms with Gasteiger partial charge in [0.05, 0.1) is 17.1 Å². The van der Waals surface area contributed by atoms with Crippen LogP contribution in [0.15, 0.2) is 55.0 Å². The summed E-state index contributed by atoms with van der Waals surface area (Å²) in [5.74, 6) is -0.0589. The molecule has 0 spiro atoms. The molecule has 0 saturated carbocycles. The van der Waals surface area contributed by atoms with Crippen molar-refractivity contribution in [2.24, 2.45) is 11.3 Å². The second-order valence-corrected chi connectivity index (χ2v) is 14.5. The van der Waals surface area contributed by atoms with Crippen molar-refractivity contribution in [3.63, 3.8) is 0 Å². The maximum absolute atomic E-state index is 13.6. The summed E-state index contributed by atoms with van der Waals surface area (Å²) in [5.41, 5.74) is 3.44. The van der Waals surface area contributed by atoms with Crippen LogP contribution in [0.1, 0.15) is 91.0 Å². The normalized spacial score (nSPS) is 15.6. The summed E-state index contributed by atoms with van der Waals surface area (Å²) in [5, 5.41) is 9.61. The van der Waals surface area contributed by atoms with Crippen LogP contribution in [-0.4, -0.2) is 45.0 Å². The third-order valence-corrected chi connectivity index (χ3v) is 8.89. The number of aromatic nitrogens is 3. The number of nitrogens with zero attached hydrogens (tertiary/aromatic N) is 3. The number of thiophene rings is 1. The van der Waals surface area contributed by atoms with E-state index < -0.39 is 17.7 Å². The van der Waals surface area contributed by atoms with Gasteiger partial charge in [0.25, 0.3) is 11.8 Å². The van der Waals surface area contributed by atoms with Crippen LogP contribution in [0.25, 0.3) is 10.2 Å². The molecule has 1 aliphatic carbocycles. The maximum atomic E-state index is 13.6. The minimum absolute atomic E-state index is 0.0948. The third-order valence-electron chi connectivity index (χ3n) is 7.84. The second kappa shape index (κ2) is 12.9. The van der Waals surface area contributed by atoms with Crippen molar-refractivity contribution in [2.45, 2.75) is 72.4 Å². The minimum atomic E-state index is -0.665. The molecule has 0 bridgehead atoms. The quantitative estimate of drug-likeness (QED) is 0.213. The Morgan fingerprint density at radius 3 is 2.44 bits per heavy atom.